The predicted octanol–water partition coefficient (Wildman–Crippen LogP) is 3.72. The van der Waals surface area contributed by atoms with Gasteiger partial charge in [-0.25, -0.2) is 4.98 Å². The number of aromatic nitrogens is 1. The third-order valence-electron chi connectivity index (χ3n) is 3.44. The molecule has 5 heteroatoms. The molecule has 0 saturated heterocycles. The molecule has 2 aromatic heterocycles. The number of benzene rings is 1. The van der Waals surface area contributed by atoms with E-state index in [4.69, 9.17) is 5.84 Å². The Hall–Kier alpha value is -1.27. The molecule has 3 aromatic rings. The molecule has 0 aliphatic heterocycles. The molecule has 0 saturated carbocycles. The number of hydrogen-bond donors (Lipinski definition) is 2. The molecule has 0 aliphatic carbocycles. The quantitative estimate of drug-likeness (QED) is 0.570. The van der Waals surface area contributed by atoms with Crippen LogP contribution < -0.4 is 11.3 Å². The van der Waals surface area contributed by atoms with Gasteiger partial charge in [-0.1, -0.05) is 18.2 Å². The first-order valence-corrected chi connectivity index (χ1v) is 8.18. The highest BCUT2D eigenvalue weighted by molar-refractivity contribution is 7.19. The van der Waals surface area contributed by atoms with E-state index >= 15 is 0 Å². The van der Waals surface area contributed by atoms with Crippen molar-refractivity contribution in [3.05, 3.63) is 50.8 Å². The fraction of sp³-hybridized carbons (Fsp3) is 0.267. The number of fused-ring (bicyclic) bond motifs is 1. The molecule has 0 aliphatic rings. The lowest BCUT2D eigenvalue weighted by Gasteiger charge is -2.12. The summed E-state index contributed by atoms with van der Waals surface area (Å²) in [4.78, 5) is 7.15. The summed E-state index contributed by atoms with van der Waals surface area (Å²) in [5.41, 5.74) is 4.06. The van der Waals surface area contributed by atoms with Gasteiger partial charge in [0.25, 0.3) is 0 Å². The fourth-order valence-electron chi connectivity index (χ4n) is 2.22. The molecule has 0 amide bonds. The summed E-state index contributed by atoms with van der Waals surface area (Å²) in [6, 6.07) is 10.8. The Kier molecular flexibility index (Phi) is 3.85. The first-order valence-electron chi connectivity index (χ1n) is 6.55. The van der Waals surface area contributed by atoms with E-state index < -0.39 is 0 Å². The van der Waals surface area contributed by atoms with Crippen LogP contribution in [0.3, 0.4) is 0 Å². The molecule has 0 bridgehead atoms. The van der Waals surface area contributed by atoms with Crippen LogP contribution in [0.15, 0.2) is 30.3 Å². The molecule has 3 nitrogen and oxygen atoms in total. The highest BCUT2D eigenvalue weighted by Gasteiger charge is 2.16. The predicted molar refractivity (Wildman–Crippen MR) is 87.2 cm³/mol. The van der Waals surface area contributed by atoms with Crippen LogP contribution in [-0.2, 0) is 6.42 Å². The van der Waals surface area contributed by atoms with Gasteiger partial charge in [-0.05, 0) is 31.4 Å². The Labute approximate surface area is 126 Å². The number of nitrogens with one attached hydrogen (secondary N) is 1. The maximum Gasteiger partial charge on any atom is 0.0950 e. The summed E-state index contributed by atoms with van der Waals surface area (Å²) < 4.78 is 1.30. The fourth-order valence-corrected chi connectivity index (χ4v) is 4.32. The van der Waals surface area contributed by atoms with Gasteiger partial charge in [-0.2, -0.15) is 0 Å². The van der Waals surface area contributed by atoms with Crippen molar-refractivity contribution in [3.8, 4) is 0 Å². The number of nitrogens with two attached hydrogens (primary N) is 1. The zero-order valence-electron chi connectivity index (χ0n) is 11.5. The van der Waals surface area contributed by atoms with E-state index in [0.29, 0.717) is 0 Å². The minimum atomic E-state index is 0.123. The Balaban J connectivity index is 1.89. The summed E-state index contributed by atoms with van der Waals surface area (Å²) in [6.45, 7) is 4.17. The summed E-state index contributed by atoms with van der Waals surface area (Å²) >= 11 is 3.55. The van der Waals surface area contributed by atoms with E-state index in [1.807, 2.05) is 0 Å². The zero-order chi connectivity index (χ0) is 14.1. The van der Waals surface area contributed by atoms with Crippen LogP contribution in [-0.4, -0.2) is 4.98 Å². The molecule has 104 valence electrons. The van der Waals surface area contributed by atoms with Crippen LogP contribution in [0.4, 0.5) is 0 Å². The SMILES string of the molecule is Cc1nc(CC(NN)c2cc3ccccc3s2)sc1C. The Bertz CT molecular complexity index is 677. The molecular weight excluding hydrogens is 286 g/mol. The topological polar surface area (TPSA) is 50.9 Å². The number of aryl methyl sites for hydroxylation is 2. The monoisotopic (exact) mass is 303 g/mol. The number of nitrogens with zero attached hydrogens (tertiary/aromatic N) is 1. The molecule has 1 atom stereocenters. The third-order valence-corrected chi connectivity index (χ3v) is 5.77. The lowest BCUT2D eigenvalue weighted by Crippen LogP contribution is -2.28. The number of thiazole rings is 1. The third kappa shape index (κ3) is 2.62. The van der Waals surface area contributed by atoms with Gasteiger partial charge in [0, 0.05) is 20.9 Å². The molecule has 2 heterocycles. The molecular formula is C15H17N3S2. The van der Waals surface area contributed by atoms with Gasteiger partial charge in [-0.15, -0.1) is 22.7 Å². The Morgan fingerprint density at radius 3 is 2.70 bits per heavy atom. The molecule has 1 aromatic carbocycles. The van der Waals surface area contributed by atoms with Gasteiger partial charge in [-0.3, -0.25) is 11.3 Å². The van der Waals surface area contributed by atoms with Crippen LogP contribution >= 0.6 is 22.7 Å². The van der Waals surface area contributed by atoms with Crippen molar-refractivity contribution < 1.29 is 0 Å². The zero-order valence-corrected chi connectivity index (χ0v) is 13.1. The van der Waals surface area contributed by atoms with E-state index in [2.05, 4.69) is 54.6 Å². The highest BCUT2D eigenvalue weighted by atomic mass is 32.1. The van der Waals surface area contributed by atoms with Crippen LogP contribution in [0.25, 0.3) is 10.1 Å². The lowest BCUT2D eigenvalue weighted by atomic mass is 10.1. The second-order valence-electron chi connectivity index (χ2n) is 4.86. The van der Waals surface area contributed by atoms with E-state index in [9.17, 15) is 0 Å². The summed E-state index contributed by atoms with van der Waals surface area (Å²) in [6.07, 6.45) is 0.836. The maximum absolute atomic E-state index is 5.75. The normalized spacial score (nSPS) is 12.9. The molecule has 20 heavy (non-hydrogen) atoms. The summed E-state index contributed by atoms with van der Waals surface area (Å²) in [5, 5.41) is 2.42. The Morgan fingerprint density at radius 2 is 2.05 bits per heavy atom. The van der Waals surface area contributed by atoms with Gasteiger partial charge < -0.3 is 0 Å². The van der Waals surface area contributed by atoms with Crippen molar-refractivity contribution in [2.24, 2.45) is 5.84 Å². The van der Waals surface area contributed by atoms with E-state index in [1.165, 1.54) is 19.8 Å². The van der Waals surface area contributed by atoms with Gasteiger partial charge in [0.1, 0.15) is 0 Å². The van der Waals surface area contributed by atoms with Crippen molar-refractivity contribution in [1.29, 1.82) is 0 Å². The Morgan fingerprint density at radius 1 is 1.25 bits per heavy atom. The molecule has 0 radical (unpaired) electrons. The van der Waals surface area contributed by atoms with E-state index in [-0.39, 0.29) is 6.04 Å². The largest absolute Gasteiger partial charge is 0.271 e. The molecule has 0 fully saturated rings. The van der Waals surface area contributed by atoms with Crippen LogP contribution in [0, 0.1) is 13.8 Å². The van der Waals surface area contributed by atoms with E-state index in [0.717, 1.165) is 17.1 Å². The summed E-state index contributed by atoms with van der Waals surface area (Å²) in [7, 11) is 0. The minimum Gasteiger partial charge on any atom is -0.271 e. The number of hydrazine groups is 1. The molecule has 3 N–H and O–H groups in total. The second kappa shape index (κ2) is 5.61. The second-order valence-corrected chi connectivity index (χ2v) is 7.26. The number of rotatable bonds is 4. The average Bonchev–Trinajstić information content (AvgIpc) is 3.00. The number of hydrogen-bond acceptors (Lipinski definition) is 5. The van der Waals surface area contributed by atoms with Crippen molar-refractivity contribution in [3.63, 3.8) is 0 Å². The molecule has 0 spiro atoms. The van der Waals surface area contributed by atoms with E-state index in [1.54, 1.807) is 22.7 Å². The smallest absolute Gasteiger partial charge is 0.0950 e. The van der Waals surface area contributed by atoms with Crippen molar-refractivity contribution in [2.75, 3.05) is 0 Å². The first-order chi connectivity index (χ1) is 9.67. The standard InChI is InChI=1S/C15H17N3S2/c1-9-10(2)19-15(17-9)8-12(18-16)14-7-11-5-3-4-6-13(11)20-14/h3-7,12,18H,8,16H2,1-2H3. The first kappa shape index (κ1) is 13.7. The van der Waals surface area contributed by atoms with Gasteiger partial charge >= 0.3 is 0 Å². The molecule has 1 unspecified atom stereocenters. The van der Waals surface area contributed by atoms with Crippen LogP contribution in [0.2, 0.25) is 0 Å². The van der Waals surface area contributed by atoms with Gasteiger partial charge in [0.2, 0.25) is 0 Å². The highest BCUT2D eigenvalue weighted by Crippen LogP contribution is 2.32. The van der Waals surface area contributed by atoms with Gasteiger partial charge in [0.15, 0.2) is 0 Å². The van der Waals surface area contributed by atoms with Gasteiger partial charge in [0.05, 0.1) is 16.7 Å². The number of thiophene rings is 1. The average molecular weight is 303 g/mol. The minimum absolute atomic E-state index is 0.123. The van der Waals surface area contributed by atoms with Crippen LogP contribution in [0.1, 0.15) is 26.5 Å². The van der Waals surface area contributed by atoms with Crippen molar-refractivity contribution in [2.45, 2.75) is 26.3 Å². The molecule has 3 rings (SSSR count). The van der Waals surface area contributed by atoms with Crippen LogP contribution in [0.5, 0.6) is 0 Å². The van der Waals surface area contributed by atoms with Crippen molar-refractivity contribution >= 4 is 32.8 Å². The summed E-state index contributed by atoms with van der Waals surface area (Å²) in [5.74, 6) is 5.75. The van der Waals surface area contributed by atoms with Crippen molar-refractivity contribution in [1.82, 2.24) is 10.4 Å². The lowest BCUT2D eigenvalue weighted by molar-refractivity contribution is 0.559. The maximum atomic E-state index is 5.75.